The first kappa shape index (κ1) is 16.2. The van der Waals surface area contributed by atoms with E-state index in [1.165, 1.54) is 6.07 Å². The first-order valence-electron chi connectivity index (χ1n) is 7.87. The van der Waals surface area contributed by atoms with Crippen LogP contribution >= 0.6 is 0 Å². The predicted molar refractivity (Wildman–Crippen MR) is 85.2 cm³/mol. The first-order valence-corrected chi connectivity index (χ1v) is 7.87. The zero-order valence-corrected chi connectivity index (χ0v) is 13.3. The van der Waals surface area contributed by atoms with Crippen molar-refractivity contribution in [3.05, 3.63) is 29.6 Å². The Morgan fingerprint density at radius 1 is 1.48 bits per heavy atom. The summed E-state index contributed by atoms with van der Waals surface area (Å²) in [5.41, 5.74) is 7.76. The van der Waals surface area contributed by atoms with Crippen LogP contribution in [0.1, 0.15) is 32.3 Å². The Morgan fingerprint density at radius 2 is 2.24 bits per heavy atom. The number of nitrogens with zero attached hydrogens (tertiary/aromatic N) is 1. The third kappa shape index (κ3) is 3.74. The molecule has 0 spiro atoms. The van der Waals surface area contributed by atoms with Crippen LogP contribution in [-0.2, 0) is 11.2 Å². The van der Waals surface area contributed by atoms with Crippen molar-refractivity contribution < 1.29 is 9.13 Å². The van der Waals surface area contributed by atoms with Gasteiger partial charge in [-0.05, 0) is 37.3 Å². The topological polar surface area (TPSA) is 38.5 Å². The van der Waals surface area contributed by atoms with E-state index in [9.17, 15) is 4.39 Å². The number of methoxy groups -OCH3 is 1. The van der Waals surface area contributed by atoms with E-state index in [2.05, 4.69) is 11.8 Å². The number of benzene rings is 1. The highest BCUT2D eigenvalue weighted by Gasteiger charge is 2.28. The van der Waals surface area contributed by atoms with E-state index in [0.717, 1.165) is 37.2 Å². The number of hydrogen-bond donors (Lipinski definition) is 1. The van der Waals surface area contributed by atoms with Crippen LogP contribution in [0, 0.1) is 11.7 Å². The molecule has 0 radical (unpaired) electrons. The molecule has 0 saturated carbocycles. The number of piperidine rings is 1. The fraction of sp³-hybridized carbons (Fsp3) is 0.647. The summed E-state index contributed by atoms with van der Waals surface area (Å²) in [5.74, 6) is 0.394. The summed E-state index contributed by atoms with van der Waals surface area (Å²) in [5, 5.41) is 0. The van der Waals surface area contributed by atoms with E-state index >= 15 is 0 Å². The van der Waals surface area contributed by atoms with Gasteiger partial charge in [-0.1, -0.05) is 19.9 Å². The molecule has 1 fully saturated rings. The summed E-state index contributed by atoms with van der Waals surface area (Å²) in [6.45, 7) is 6.01. The first-order chi connectivity index (χ1) is 10.1. The molecule has 0 aromatic heterocycles. The second-order valence-electron chi connectivity index (χ2n) is 6.10. The van der Waals surface area contributed by atoms with E-state index < -0.39 is 0 Å². The Kier molecular flexibility index (Phi) is 5.59. The summed E-state index contributed by atoms with van der Waals surface area (Å²) in [7, 11) is 1.75. The zero-order valence-electron chi connectivity index (χ0n) is 13.3. The van der Waals surface area contributed by atoms with E-state index in [0.29, 0.717) is 12.3 Å². The second kappa shape index (κ2) is 7.23. The molecule has 3 unspecified atom stereocenters. The highest BCUT2D eigenvalue weighted by atomic mass is 19.1. The molecular weight excluding hydrogens is 267 g/mol. The molecule has 1 aromatic carbocycles. The largest absolute Gasteiger partial charge is 0.379 e. The number of halogens is 1. The van der Waals surface area contributed by atoms with Gasteiger partial charge in [-0.3, -0.25) is 0 Å². The van der Waals surface area contributed by atoms with Gasteiger partial charge < -0.3 is 15.4 Å². The SMILES string of the molecule is CCC(N)Cc1c(F)cccc1N1CCC(C)C(OC)C1. The Bertz CT molecular complexity index is 466. The molecule has 3 atom stereocenters. The maximum Gasteiger partial charge on any atom is 0.128 e. The number of nitrogens with two attached hydrogens (primary N) is 1. The lowest BCUT2D eigenvalue weighted by Gasteiger charge is -2.38. The summed E-state index contributed by atoms with van der Waals surface area (Å²) < 4.78 is 19.8. The van der Waals surface area contributed by atoms with Crippen LogP contribution in [0.3, 0.4) is 0 Å². The molecular formula is C17H27FN2O. The number of rotatable bonds is 5. The average Bonchev–Trinajstić information content (AvgIpc) is 2.49. The monoisotopic (exact) mass is 294 g/mol. The third-order valence-corrected chi connectivity index (χ3v) is 4.62. The summed E-state index contributed by atoms with van der Waals surface area (Å²) in [6, 6.07) is 5.32. The van der Waals surface area contributed by atoms with Crippen LogP contribution in [-0.4, -0.2) is 32.3 Å². The molecule has 0 amide bonds. The Labute approximate surface area is 127 Å². The summed E-state index contributed by atoms with van der Waals surface area (Å²) in [4.78, 5) is 2.24. The van der Waals surface area contributed by atoms with Crippen LogP contribution in [0.4, 0.5) is 10.1 Å². The highest BCUT2D eigenvalue weighted by Crippen LogP contribution is 2.29. The van der Waals surface area contributed by atoms with Crippen molar-refractivity contribution in [2.75, 3.05) is 25.1 Å². The van der Waals surface area contributed by atoms with Gasteiger partial charge in [0.2, 0.25) is 0 Å². The summed E-state index contributed by atoms with van der Waals surface area (Å²) in [6.07, 6.45) is 2.71. The van der Waals surface area contributed by atoms with Crippen molar-refractivity contribution >= 4 is 5.69 Å². The lowest BCUT2D eigenvalue weighted by Crippen LogP contribution is -2.44. The van der Waals surface area contributed by atoms with Crippen molar-refractivity contribution in [1.82, 2.24) is 0 Å². The predicted octanol–water partition coefficient (Wildman–Crippen LogP) is 2.97. The van der Waals surface area contributed by atoms with Gasteiger partial charge in [-0.2, -0.15) is 0 Å². The molecule has 4 heteroatoms. The lowest BCUT2D eigenvalue weighted by atomic mass is 9.94. The van der Waals surface area contributed by atoms with Crippen molar-refractivity contribution in [3.63, 3.8) is 0 Å². The minimum absolute atomic E-state index is 0.00239. The fourth-order valence-electron chi connectivity index (χ4n) is 3.01. The van der Waals surface area contributed by atoms with Gasteiger partial charge in [0.1, 0.15) is 5.82 Å². The molecule has 1 aliphatic rings. The molecule has 1 aliphatic heterocycles. The standard InChI is InChI=1S/C17H27FN2O/c1-4-13(19)10-14-15(18)6-5-7-16(14)20-9-8-12(2)17(11-20)21-3/h5-7,12-13,17H,4,8-11,19H2,1-3H3. The van der Waals surface area contributed by atoms with E-state index in [1.54, 1.807) is 13.2 Å². The van der Waals surface area contributed by atoms with Crippen LogP contribution in [0.15, 0.2) is 18.2 Å². The fourth-order valence-corrected chi connectivity index (χ4v) is 3.01. The van der Waals surface area contributed by atoms with Gasteiger partial charge in [0.05, 0.1) is 6.10 Å². The Hall–Kier alpha value is -1.13. The second-order valence-corrected chi connectivity index (χ2v) is 6.10. The van der Waals surface area contributed by atoms with E-state index in [4.69, 9.17) is 10.5 Å². The number of hydrogen-bond acceptors (Lipinski definition) is 3. The number of anilines is 1. The molecule has 118 valence electrons. The Balaban J connectivity index is 2.24. The van der Waals surface area contributed by atoms with Crippen LogP contribution in [0.5, 0.6) is 0 Å². The zero-order chi connectivity index (χ0) is 15.4. The molecule has 2 rings (SSSR count). The van der Waals surface area contributed by atoms with Gasteiger partial charge in [0, 0.05) is 37.5 Å². The van der Waals surface area contributed by atoms with E-state index in [-0.39, 0.29) is 18.0 Å². The summed E-state index contributed by atoms with van der Waals surface area (Å²) >= 11 is 0. The molecule has 2 N–H and O–H groups in total. The third-order valence-electron chi connectivity index (χ3n) is 4.62. The lowest BCUT2D eigenvalue weighted by molar-refractivity contribution is 0.0498. The molecule has 21 heavy (non-hydrogen) atoms. The normalized spacial score (nSPS) is 24.1. The van der Waals surface area contributed by atoms with Crippen LogP contribution in [0.25, 0.3) is 0 Å². The van der Waals surface area contributed by atoms with Crippen molar-refractivity contribution in [3.8, 4) is 0 Å². The van der Waals surface area contributed by atoms with E-state index in [1.807, 2.05) is 13.0 Å². The maximum absolute atomic E-state index is 14.2. The maximum atomic E-state index is 14.2. The van der Waals surface area contributed by atoms with Crippen molar-refractivity contribution in [1.29, 1.82) is 0 Å². The van der Waals surface area contributed by atoms with Gasteiger partial charge in [-0.25, -0.2) is 4.39 Å². The van der Waals surface area contributed by atoms with Crippen LogP contribution in [0.2, 0.25) is 0 Å². The average molecular weight is 294 g/mol. The van der Waals surface area contributed by atoms with Gasteiger partial charge in [0.25, 0.3) is 0 Å². The smallest absolute Gasteiger partial charge is 0.128 e. The molecule has 1 heterocycles. The highest BCUT2D eigenvalue weighted by molar-refractivity contribution is 5.55. The minimum atomic E-state index is -0.149. The molecule has 0 bridgehead atoms. The molecule has 1 aromatic rings. The quantitative estimate of drug-likeness (QED) is 0.907. The molecule has 0 aliphatic carbocycles. The minimum Gasteiger partial charge on any atom is -0.379 e. The molecule has 3 nitrogen and oxygen atoms in total. The van der Waals surface area contributed by atoms with Crippen LogP contribution < -0.4 is 10.6 Å². The van der Waals surface area contributed by atoms with Gasteiger partial charge in [0.15, 0.2) is 0 Å². The van der Waals surface area contributed by atoms with Crippen molar-refractivity contribution in [2.24, 2.45) is 11.7 Å². The van der Waals surface area contributed by atoms with Crippen molar-refractivity contribution in [2.45, 2.75) is 45.3 Å². The molecule has 1 saturated heterocycles. The Morgan fingerprint density at radius 3 is 2.90 bits per heavy atom. The van der Waals surface area contributed by atoms with Gasteiger partial charge >= 0.3 is 0 Å². The number of ether oxygens (including phenoxy) is 1. The van der Waals surface area contributed by atoms with Gasteiger partial charge in [-0.15, -0.1) is 0 Å².